The van der Waals surface area contributed by atoms with Gasteiger partial charge in [0.2, 0.25) is 17.7 Å². The first kappa shape index (κ1) is 29.4. The lowest BCUT2D eigenvalue weighted by molar-refractivity contribution is -0.154. The van der Waals surface area contributed by atoms with E-state index < -0.39 is 29.1 Å². The van der Waals surface area contributed by atoms with Crippen LogP contribution in [-0.4, -0.2) is 93.6 Å². The minimum absolute atomic E-state index is 0.0679. The number of rotatable bonds is 15. The fraction of sp³-hybridized carbons (Fsp3) is 0.759. The SMILES string of the molecule is C=CCN(CCC)C(=O)[C@H]1[C@H]2C(=O)N(CCCCCCO)C(C(=O)N(CC=C)C(C)C)C23CC[C@]1(C)O3. The van der Waals surface area contributed by atoms with Crippen molar-refractivity contribution in [3.63, 3.8) is 0 Å². The topological polar surface area (TPSA) is 90.4 Å². The van der Waals surface area contributed by atoms with Crippen molar-refractivity contribution in [3.05, 3.63) is 25.3 Å². The van der Waals surface area contributed by atoms with Gasteiger partial charge in [0.15, 0.2) is 0 Å². The summed E-state index contributed by atoms with van der Waals surface area (Å²) in [4.78, 5) is 47.6. The van der Waals surface area contributed by atoms with Crippen LogP contribution >= 0.6 is 0 Å². The molecule has 1 spiro atoms. The molecule has 3 aliphatic rings. The number of aliphatic hydroxyl groups is 1. The van der Waals surface area contributed by atoms with E-state index in [1.165, 1.54) is 0 Å². The molecule has 1 N–H and O–H groups in total. The van der Waals surface area contributed by atoms with E-state index in [2.05, 4.69) is 13.2 Å². The lowest BCUT2D eigenvalue weighted by atomic mass is 9.66. The average molecular weight is 518 g/mol. The normalized spacial score (nSPS) is 30.1. The molecule has 0 radical (unpaired) electrons. The molecule has 3 aliphatic heterocycles. The number of nitrogens with zero attached hydrogens (tertiary/aromatic N) is 3. The standard InChI is InChI=1S/C29H47N3O5/c1-7-16-30(17-8-2)25(34)22-23-26(35)32(19-12-10-11-13-20-33)24(27(36)31(18-9-3)21(4)5)29(23)15-14-28(22,6)37-29/h7,9,21-24,33H,1,3,8,10-20H2,2,4-6H3/t22-,23+,24?,28+,29?/m1/s1. The van der Waals surface area contributed by atoms with Crippen LogP contribution < -0.4 is 0 Å². The van der Waals surface area contributed by atoms with Crippen molar-refractivity contribution >= 4 is 17.7 Å². The summed E-state index contributed by atoms with van der Waals surface area (Å²) < 4.78 is 6.76. The van der Waals surface area contributed by atoms with Crippen LogP contribution in [0.25, 0.3) is 0 Å². The molecule has 0 aromatic rings. The molecular weight excluding hydrogens is 470 g/mol. The Morgan fingerprint density at radius 2 is 1.81 bits per heavy atom. The van der Waals surface area contributed by atoms with Gasteiger partial charge in [0, 0.05) is 38.8 Å². The molecule has 0 saturated carbocycles. The maximum atomic E-state index is 14.2. The highest BCUT2D eigenvalue weighted by Gasteiger charge is 2.78. The summed E-state index contributed by atoms with van der Waals surface area (Å²) in [6.45, 7) is 17.5. The highest BCUT2D eigenvalue weighted by molar-refractivity contribution is 5.99. The number of carbonyl (C=O) groups is 3. The molecule has 8 heteroatoms. The van der Waals surface area contributed by atoms with Crippen LogP contribution in [-0.2, 0) is 19.1 Å². The van der Waals surface area contributed by atoms with Crippen LogP contribution in [0.5, 0.6) is 0 Å². The number of likely N-dealkylation sites (tertiary alicyclic amines) is 1. The van der Waals surface area contributed by atoms with Crippen LogP contribution in [0.3, 0.4) is 0 Å². The quantitative estimate of drug-likeness (QED) is 0.266. The Hall–Kier alpha value is -2.19. The summed E-state index contributed by atoms with van der Waals surface area (Å²) in [6.07, 6.45) is 8.62. The number of unbranched alkanes of at least 4 members (excludes halogenated alkanes) is 3. The van der Waals surface area contributed by atoms with Gasteiger partial charge in [-0.15, -0.1) is 13.2 Å². The van der Waals surface area contributed by atoms with E-state index >= 15 is 0 Å². The molecule has 2 unspecified atom stereocenters. The summed E-state index contributed by atoms with van der Waals surface area (Å²) >= 11 is 0. The van der Waals surface area contributed by atoms with Gasteiger partial charge in [-0.3, -0.25) is 14.4 Å². The van der Waals surface area contributed by atoms with Gasteiger partial charge in [-0.05, 0) is 52.9 Å². The first-order valence-corrected chi connectivity index (χ1v) is 14.1. The van der Waals surface area contributed by atoms with Gasteiger partial charge in [0.1, 0.15) is 11.6 Å². The lowest BCUT2D eigenvalue weighted by Gasteiger charge is -2.38. The molecule has 2 bridgehead atoms. The molecule has 0 aromatic heterocycles. The smallest absolute Gasteiger partial charge is 0.248 e. The van der Waals surface area contributed by atoms with Gasteiger partial charge in [0.05, 0.1) is 17.4 Å². The predicted octanol–water partition coefficient (Wildman–Crippen LogP) is 3.15. The van der Waals surface area contributed by atoms with Crippen LogP contribution in [0, 0.1) is 11.8 Å². The Balaban J connectivity index is 2.01. The fourth-order valence-electron chi connectivity index (χ4n) is 6.83. The highest BCUT2D eigenvalue weighted by Crippen LogP contribution is 2.63. The Bertz CT molecular complexity index is 876. The highest BCUT2D eigenvalue weighted by atomic mass is 16.5. The first-order chi connectivity index (χ1) is 17.6. The number of amides is 3. The van der Waals surface area contributed by atoms with Crippen LogP contribution in [0.2, 0.25) is 0 Å². The summed E-state index contributed by atoms with van der Waals surface area (Å²) in [6, 6.07) is -0.828. The largest absolute Gasteiger partial charge is 0.396 e. The van der Waals surface area contributed by atoms with E-state index in [0.717, 1.165) is 32.1 Å². The van der Waals surface area contributed by atoms with Crippen LogP contribution in [0.1, 0.15) is 72.6 Å². The van der Waals surface area contributed by atoms with Crippen molar-refractivity contribution in [1.82, 2.24) is 14.7 Å². The fourth-order valence-corrected chi connectivity index (χ4v) is 6.83. The van der Waals surface area contributed by atoms with Gasteiger partial charge in [0.25, 0.3) is 0 Å². The molecule has 8 nitrogen and oxygen atoms in total. The number of hydrogen-bond donors (Lipinski definition) is 1. The van der Waals surface area contributed by atoms with Crippen LogP contribution in [0.15, 0.2) is 25.3 Å². The van der Waals surface area contributed by atoms with E-state index in [1.54, 1.807) is 26.9 Å². The van der Waals surface area contributed by atoms with Crippen molar-refractivity contribution in [3.8, 4) is 0 Å². The number of fused-ring (bicyclic) bond motifs is 1. The summed E-state index contributed by atoms with van der Waals surface area (Å²) in [5, 5.41) is 9.12. The molecule has 3 saturated heterocycles. The number of hydrogen-bond acceptors (Lipinski definition) is 5. The Morgan fingerprint density at radius 1 is 1.14 bits per heavy atom. The third-order valence-electron chi connectivity index (χ3n) is 8.47. The van der Waals surface area contributed by atoms with Gasteiger partial charge in [-0.1, -0.05) is 31.9 Å². The molecule has 3 rings (SSSR count). The van der Waals surface area contributed by atoms with E-state index in [-0.39, 0.29) is 30.4 Å². The second-order valence-corrected chi connectivity index (χ2v) is 11.3. The van der Waals surface area contributed by atoms with Crippen molar-refractivity contribution in [2.75, 3.05) is 32.8 Å². The summed E-state index contributed by atoms with van der Waals surface area (Å²) in [5.41, 5.74) is -1.79. The van der Waals surface area contributed by atoms with Crippen molar-refractivity contribution < 1.29 is 24.2 Å². The molecule has 3 heterocycles. The Labute approximate surface area is 222 Å². The molecule has 3 amide bonds. The molecule has 37 heavy (non-hydrogen) atoms. The maximum absolute atomic E-state index is 14.2. The second kappa shape index (κ2) is 12.1. The predicted molar refractivity (Wildman–Crippen MR) is 144 cm³/mol. The van der Waals surface area contributed by atoms with Crippen molar-refractivity contribution in [2.45, 2.75) is 95.9 Å². The molecule has 208 valence electrons. The monoisotopic (exact) mass is 517 g/mol. The minimum Gasteiger partial charge on any atom is -0.396 e. The van der Waals surface area contributed by atoms with Gasteiger partial charge in [-0.2, -0.15) is 0 Å². The molecule has 0 aromatic carbocycles. The number of aliphatic hydroxyl groups excluding tert-OH is 1. The van der Waals surface area contributed by atoms with Gasteiger partial charge >= 0.3 is 0 Å². The van der Waals surface area contributed by atoms with E-state index in [0.29, 0.717) is 39.0 Å². The third-order valence-corrected chi connectivity index (χ3v) is 8.47. The zero-order valence-electron chi connectivity index (χ0n) is 23.3. The maximum Gasteiger partial charge on any atom is 0.248 e. The minimum atomic E-state index is -1.01. The zero-order chi connectivity index (χ0) is 27.4. The van der Waals surface area contributed by atoms with Crippen molar-refractivity contribution in [2.24, 2.45) is 11.8 Å². The molecule has 5 atom stereocenters. The Morgan fingerprint density at radius 3 is 2.41 bits per heavy atom. The van der Waals surface area contributed by atoms with E-state index in [4.69, 9.17) is 9.84 Å². The van der Waals surface area contributed by atoms with Gasteiger partial charge < -0.3 is 24.5 Å². The average Bonchev–Trinajstić information content (AvgIpc) is 3.42. The van der Waals surface area contributed by atoms with Gasteiger partial charge in [-0.25, -0.2) is 0 Å². The lowest BCUT2D eigenvalue weighted by Crippen LogP contribution is -2.57. The number of ether oxygens (including phenoxy) is 1. The first-order valence-electron chi connectivity index (χ1n) is 14.1. The number of carbonyl (C=O) groups excluding carboxylic acids is 3. The summed E-state index contributed by atoms with van der Waals surface area (Å²) in [5.74, 6) is -1.64. The molecule has 3 fully saturated rings. The molecule has 0 aliphatic carbocycles. The zero-order valence-corrected chi connectivity index (χ0v) is 23.3. The van der Waals surface area contributed by atoms with E-state index in [9.17, 15) is 14.4 Å². The summed E-state index contributed by atoms with van der Waals surface area (Å²) in [7, 11) is 0. The molecular formula is C29H47N3O5. The Kier molecular flexibility index (Phi) is 9.62. The third kappa shape index (κ3) is 5.24. The van der Waals surface area contributed by atoms with Crippen molar-refractivity contribution in [1.29, 1.82) is 0 Å². The van der Waals surface area contributed by atoms with Crippen LogP contribution in [0.4, 0.5) is 0 Å². The van der Waals surface area contributed by atoms with E-state index in [1.807, 2.05) is 27.7 Å². The second-order valence-electron chi connectivity index (χ2n) is 11.3.